The molecular weight excluding hydrogens is 374 g/mol. The molecule has 0 aliphatic heterocycles. The molecule has 0 atom stereocenters. The Bertz CT molecular complexity index is 729. The Balaban J connectivity index is 1.70. The second-order valence-electron chi connectivity index (χ2n) is 8.62. The highest BCUT2D eigenvalue weighted by atomic mass is 14.8. The van der Waals surface area contributed by atoms with Crippen LogP contribution < -0.4 is 5.32 Å². The molecule has 0 aromatic heterocycles. The molecule has 0 saturated carbocycles. The summed E-state index contributed by atoms with van der Waals surface area (Å²) in [6, 6.07) is 33.1. The molecule has 0 bridgehead atoms. The summed E-state index contributed by atoms with van der Waals surface area (Å²) in [5.74, 6) is 0. The van der Waals surface area contributed by atoms with E-state index in [1.54, 1.807) is 0 Å². The number of rotatable bonds is 14. The maximum absolute atomic E-state index is 3.75. The molecule has 0 radical (unpaired) electrons. The average molecular weight is 414 g/mol. The van der Waals surface area contributed by atoms with Gasteiger partial charge in [-0.05, 0) is 42.6 Å². The van der Waals surface area contributed by atoms with E-state index in [1.807, 2.05) is 0 Å². The summed E-state index contributed by atoms with van der Waals surface area (Å²) in [4.78, 5) is 0. The topological polar surface area (TPSA) is 12.0 Å². The zero-order valence-electron chi connectivity index (χ0n) is 19.2. The molecule has 3 rings (SSSR count). The molecule has 1 heteroatoms. The minimum absolute atomic E-state index is 0.142. The van der Waals surface area contributed by atoms with Gasteiger partial charge in [-0.15, -0.1) is 0 Å². The zero-order valence-corrected chi connectivity index (χ0v) is 19.2. The standard InChI is InChI=1S/C30H39N/c1-2-3-4-5-6-7-17-25-31-26-24-30(27-18-11-8-12-19-27,28-20-13-9-14-21-28)29-22-15-10-16-23-29/h8-16,18-23,31H,2-7,17,24-26H2,1H3. The van der Waals surface area contributed by atoms with Crippen LogP contribution in [0.2, 0.25) is 0 Å². The smallest absolute Gasteiger partial charge is 0.0463 e. The van der Waals surface area contributed by atoms with E-state index >= 15 is 0 Å². The molecule has 0 heterocycles. The van der Waals surface area contributed by atoms with Crippen LogP contribution in [0.4, 0.5) is 0 Å². The zero-order chi connectivity index (χ0) is 21.6. The molecule has 0 fully saturated rings. The summed E-state index contributed by atoms with van der Waals surface area (Å²) in [5.41, 5.74) is 3.96. The van der Waals surface area contributed by atoms with Gasteiger partial charge in [-0.25, -0.2) is 0 Å². The third-order valence-corrected chi connectivity index (χ3v) is 6.43. The number of unbranched alkanes of at least 4 members (excludes halogenated alkanes) is 6. The summed E-state index contributed by atoms with van der Waals surface area (Å²) in [7, 11) is 0. The van der Waals surface area contributed by atoms with Gasteiger partial charge in [-0.3, -0.25) is 0 Å². The fraction of sp³-hybridized carbons (Fsp3) is 0.400. The van der Waals surface area contributed by atoms with Crippen molar-refractivity contribution in [1.82, 2.24) is 5.32 Å². The third-order valence-electron chi connectivity index (χ3n) is 6.43. The second-order valence-corrected chi connectivity index (χ2v) is 8.62. The van der Waals surface area contributed by atoms with E-state index in [0.29, 0.717) is 0 Å². The molecule has 0 unspecified atom stereocenters. The third kappa shape index (κ3) is 6.55. The molecule has 0 aliphatic carbocycles. The molecule has 3 aromatic carbocycles. The molecule has 0 amide bonds. The SMILES string of the molecule is CCCCCCCCCNCCC(c1ccccc1)(c1ccccc1)c1ccccc1. The first-order chi connectivity index (χ1) is 15.4. The van der Waals surface area contributed by atoms with E-state index in [1.165, 1.54) is 61.6 Å². The fourth-order valence-electron chi connectivity index (χ4n) is 4.71. The van der Waals surface area contributed by atoms with Crippen LogP contribution in [-0.4, -0.2) is 13.1 Å². The summed E-state index contributed by atoms with van der Waals surface area (Å²) in [5, 5.41) is 3.75. The molecule has 164 valence electrons. The summed E-state index contributed by atoms with van der Waals surface area (Å²) in [6.45, 7) is 4.40. The molecule has 3 aromatic rings. The van der Waals surface area contributed by atoms with Crippen molar-refractivity contribution in [3.8, 4) is 0 Å². The normalized spacial score (nSPS) is 11.5. The van der Waals surface area contributed by atoms with Crippen molar-refractivity contribution in [3.05, 3.63) is 108 Å². The maximum atomic E-state index is 3.75. The van der Waals surface area contributed by atoms with E-state index in [0.717, 1.165) is 19.5 Å². The van der Waals surface area contributed by atoms with Crippen LogP contribution in [0, 0.1) is 0 Å². The Kier molecular flexibility index (Phi) is 9.86. The lowest BCUT2D eigenvalue weighted by Gasteiger charge is -2.36. The lowest BCUT2D eigenvalue weighted by atomic mass is 9.67. The van der Waals surface area contributed by atoms with Crippen molar-refractivity contribution in [1.29, 1.82) is 0 Å². The van der Waals surface area contributed by atoms with Gasteiger partial charge in [0.05, 0.1) is 0 Å². The van der Waals surface area contributed by atoms with Crippen LogP contribution in [-0.2, 0) is 5.41 Å². The summed E-state index contributed by atoms with van der Waals surface area (Å²) < 4.78 is 0. The van der Waals surface area contributed by atoms with Gasteiger partial charge in [0.25, 0.3) is 0 Å². The van der Waals surface area contributed by atoms with Crippen molar-refractivity contribution in [2.45, 2.75) is 63.7 Å². The van der Waals surface area contributed by atoms with Gasteiger partial charge in [-0.2, -0.15) is 0 Å². The molecule has 31 heavy (non-hydrogen) atoms. The van der Waals surface area contributed by atoms with Crippen LogP contribution in [0.15, 0.2) is 91.0 Å². The van der Waals surface area contributed by atoms with E-state index in [2.05, 4.69) is 103 Å². The van der Waals surface area contributed by atoms with E-state index in [9.17, 15) is 0 Å². The van der Waals surface area contributed by atoms with E-state index in [4.69, 9.17) is 0 Å². The van der Waals surface area contributed by atoms with Crippen LogP contribution >= 0.6 is 0 Å². The Morgan fingerprint density at radius 1 is 0.516 bits per heavy atom. The van der Waals surface area contributed by atoms with Crippen molar-refractivity contribution in [2.75, 3.05) is 13.1 Å². The number of benzene rings is 3. The van der Waals surface area contributed by atoms with Gasteiger partial charge < -0.3 is 5.32 Å². The van der Waals surface area contributed by atoms with Crippen molar-refractivity contribution < 1.29 is 0 Å². The number of hydrogen-bond acceptors (Lipinski definition) is 1. The highest BCUT2D eigenvalue weighted by molar-refractivity contribution is 5.50. The predicted molar refractivity (Wildman–Crippen MR) is 135 cm³/mol. The van der Waals surface area contributed by atoms with Crippen molar-refractivity contribution in [2.24, 2.45) is 0 Å². The quantitative estimate of drug-likeness (QED) is 0.210. The van der Waals surface area contributed by atoms with Crippen LogP contribution in [0.5, 0.6) is 0 Å². The maximum Gasteiger partial charge on any atom is 0.0463 e. The fourth-order valence-corrected chi connectivity index (χ4v) is 4.71. The Hall–Kier alpha value is -2.38. The van der Waals surface area contributed by atoms with Gasteiger partial charge in [0.2, 0.25) is 0 Å². The van der Waals surface area contributed by atoms with Crippen molar-refractivity contribution >= 4 is 0 Å². The highest BCUT2D eigenvalue weighted by Crippen LogP contribution is 2.41. The first-order valence-corrected chi connectivity index (χ1v) is 12.2. The molecule has 0 aliphatic rings. The number of hydrogen-bond donors (Lipinski definition) is 1. The van der Waals surface area contributed by atoms with E-state index < -0.39 is 0 Å². The Labute approximate surface area is 189 Å². The van der Waals surface area contributed by atoms with Crippen LogP contribution in [0.25, 0.3) is 0 Å². The molecule has 1 N–H and O–H groups in total. The first kappa shape index (κ1) is 23.3. The van der Waals surface area contributed by atoms with Crippen LogP contribution in [0.3, 0.4) is 0 Å². The molecule has 0 spiro atoms. The predicted octanol–water partition coefficient (Wildman–Crippen LogP) is 7.75. The van der Waals surface area contributed by atoms with Gasteiger partial charge >= 0.3 is 0 Å². The highest BCUT2D eigenvalue weighted by Gasteiger charge is 2.35. The number of nitrogens with one attached hydrogen (secondary N) is 1. The molecular formula is C30H39N. The largest absolute Gasteiger partial charge is 0.317 e. The Morgan fingerprint density at radius 2 is 0.935 bits per heavy atom. The van der Waals surface area contributed by atoms with Gasteiger partial charge in [0, 0.05) is 5.41 Å². The second kappa shape index (κ2) is 13.1. The minimum atomic E-state index is -0.142. The summed E-state index contributed by atoms with van der Waals surface area (Å²) >= 11 is 0. The molecule has 0 saturated heterocycles. The first-order valence-electron chi connectivity index (χ1n) is 12.2. The van der Waals surface area contributed by atoms with E-state index in [-0.39, 0.29) is 5.41 Å². The minimum Gasteiger partial charge on any atom is -0.317 e. The molecule has 1 nitrogen and oxygen atoms in total. The van der Waals surface area contributed by atoms with Gasteiger partial charge in [0.15, 0.2) is 0 Å². The van der Waals surface area contributed by atoms with Crippen LogP contribution in [0.1, 0.15) is 75.0 Å². The monoisotopic (exact) mass is 413 g/mol. The summed E-state index contributed by atoms with van der Waals surface area (Å²) in [6.07, 6.45) is 10.6. The average Bonchev–Trinajstić information content (AvgIpc) is 2.84. The lowest BCUT2D eigenvalue weighted by molar-refractivity contribution is 0.504. The van der Waals surface area contributed by atoms with Gasteiger partial charge in [-0.1, -0.05) is 136 Å². The lowest BCUT2D eigenvalue weighted by Crippen LogP contribution is -2.34. The van der Waals surface area contributed by atoms with Gasteiger partial charge in [0.1, 0.15) is 0 Å². The van der Waals surface area contributed by atoms with Crippen molar-refractivity contribution in [3.63, 3.8) is 0 Å². The Morgan fingerprint density at radius 3 is 1.39 bits per heavy atom.